The minimum atomic E-state index is -0.912. The third kappa shape index (κ3) is 8.05. The van der Waals surface area contributed by atoms with Crippen molar-refractivity contribution in [2.75, 3.05) is 25.1 Å². The number of rotatable bonds is 14. The van der Waals surface area contributed by atoms with Crippen LogP contribution in [0.5, 0.6) is 5.75 Å². The van der Waals surface area contributed by atoms with E-state index in [4.69, 9.17) is 14.2 Å². The van der Waals surface area contributed by atoms with Crippen molar-refractivity contribution >= 4 is 17.6 Å². The zero-order valence-corrected chi connectivity index (χ0v) is 18.6. The Morgan fingerprint density at radius 3 is 2.34 bits per heavy atom. The summed E-state index contributed by atoms with van der Waals surface area (Å²) in [5.41, 5.74) is -0.0863. The van der Waals surface area contributed by atoms with E-state index in [0.29, 0.717) is 36.6 Å². The lowest BCUT2D eigenvalue weighted by atomic mass is 9.96. The Morgan fingerprint density at radius 2 is 1.72 bits per heavy atom. The van der Waals surface area contributed by atoms with E-state index in [0.717, 1.165) is 32.1 Å². The molecule has 0 heterocycles. The summed E-state index contributed by atoms with van der Waals surface area (Å²) in [5, 5.41) is 2.90. The van der Waals surface area contributed by atoms with Crippen LogP contribution in [-0.2, 0) is 14.3 Å². The number of anilines is 1. The van der Waals surface area contributed by atoms with Crippen LogP contribution in [0.3, 0.4) is 0 Å². The van der Waals surface area contributed by atoms with Crippen molar-refractivity contribution in [3.8, 4) is 5.75 Å². The van der Waals surface area contributed by atoms with Gasteiger partial charge in [-0.3, -0.25) is 4.79 Å². The molecular weight excluding hydrogens is 370 g/mol. The van der Waals surface area contributed by atoms with Gasteiger partial charge in [-0.1, -0.05) is 39.5 Å². The number of hydrogen-bond donors (Lipinski definition) is 1. The molecule has 6 nitrogen and oxygen atoms in total. The second-order valence-corrected chi connectivity index (χ2v) is 7.21. The Bertz CT molecular complexity index is 646. The molecule has 1 aromatic rings. The highest BCUT2D eigenvalue weighted by molar-refractivity contribution is 5.99. The van der Waals surface area contributed by atoms with E-state index in [1.165, 1.54) is 0 Å². The molecule has 0 fully saturated rings. The van der Waals surface area contributed by atoms with Gasteiger partial charge in [-0.25, -0.2) is 4.79 Å². The number of esters is 1. The zero-order chi connectivity index (χ0) is 21.7. The van der Waals surface area contributed by atoms with Crippen LogP contribution < -0.4 is 10.1 Å². The highest BCUT2D eigenvalue weighted by atomic mass is 16.5. The summed E-state index contributed by atoms with van der Waals surface area (Å²) in [4.78, 5) is 25.3. The molecule has 0 unspecified atom stereocenters. The van der Waals surface area contributed by atoms with Gasteiger partial charge in [0.2, 0.25) is 0 Å². The number of benzene rings is 1. The van der Waals surface area contributed by atoms with E-state index in [9.17, 15) is 9.59 Å². The van der Waals surface area contributed by atoms with Crippen LogP contribution in [0.4, 0.5) is 5.69 Å². The van der Waals surface area contributed by atoms with E-state index in [1.807, 2.05) is 13.8 Å². The summed E-state index contributed by atoms with van der Waals surface area (Å²) in [7, 11) is 0. The average molecular weight is 408 g/mol. The number of carbonyl (C=O) groups is 2. The average Bonchev–Trinajstić information content (AvgIpc) is 2.69. The van der Waals surface area contributed by atoms with Crippen molar-refractivity contribution in [2.24, 2.45) is 0 Å². The lowest BCUT2D eigenvalue weighted by Gasteiger charge is -2.28. The molecule has 1 rings (SSSR count). The molecule has 1 N–H and O–H groups in total. The fourth-order valence-electron chi connectivity index (χ4n) is 2.97. The van der Waals surface area contributed by atoms with Gasteiger partial charge in [-0.2, -0.15) is 0 Å². The molecule has 0 radical (unpaired) electrons. The second kappa shape index (κ2) is 13.2. The van der Waals surface area contributed by atoms with Crippen molar-refractivity contribution in [3.05, 3.63) is 23.8 Å². The van der Waals surface area contributed by atoms with E-state index < -0.39 is 11.6 Å². The van der Waals surface area contributed by atoms with Gasteiger partial charge in [-0.15, -0.1) is 0 Å². The highest BCUT2D eigenvalue weighted by Gasteiger charge is 2.33. The maximum Gasteiger partial charge on any atom is 0.341 e. The number of unbranched alkanes of at least 4 members (excludes halogenated alkanes) is 3. The van der Waals surface area contributed by atoms with E-state index in [1.54, 1.807) is 25.1 Å². The number of carbonyl (C=O) groups excluding carboxylic acids is 2. The molecule has 0 aliphatic heterocycles. The van der Waals surface area contributed by atoms with Gasteiger partial charge < -0.3 is 19.5 Å². The third-order valence-corrected chi connectivity index (χ3v) is 4.69. The zero-order valence-electron chi connectivity index (χ0n) is 18.6. The maximum absolute atomic E-state index is 12.9. The predicted molar refractivity (Wildman–Crippen MR) is 116 cm³/mol. The molecule has 29 heavy (non-hydrogen) atoms. The van der Waals surface area contributed by atoms with Crippen LogP contribution >= 0.6 is 0 Å². The molecule has 0 aromatic heterocycles. The molecule has 0 aliphatic carbocycles. The minimum Gasteiger partial charge on any atom is -0.493 e. The van der Waals surface area contributed by atoms with Crippen molar-refractivity contribution < 1.29 is 23.8 Å². The highest BCUT2D eigenvalue weighted by Crippen LogP contribution is 2.27. The molecular formula is C23H37NO5. The van der Waals surface area contributed by atoms with Gasteiger partial charge in [0.05, 0.1) is 13.2 Å². The summed E-state index contributed by atoms with van der Waals surface area (Å²) in [6, 6.07) is 5.04. The Labute approximate surface area is 175 Å². The Hall–Kier alpha value is -2.08. The van der Waals surface area contributed by atoms with Gasteiger partial charge in [-0.05, 0) is 51.8 Å². The molecule has 0 saturated carbocycles. The van der Waals surface area contributed by atoms with Crippen LogP contribution in [-0.4, -0.2) is 37.3 Å². The van der Waals surface area contributed by atoms with Crippen molar-refractivity contribution in [3.63, 3.8) is 0 Å². The SMILES string of the molecule is CCCCC[C@](C)(OCC)C(=O)Nc1ccc(OCCCC)c(C(=O)OCC)c1. The first kappa shape index (κ1) is 25.0. The van der Waals surface area contributed by atoms with Crippen LogP contribution in [0.1, 0.15) is 83.5 Å². The minimum absolute atomic E-state index is 0.218. The van der Waals surface area contributed by atoms with Crippen molar-refractivity contribution in [1.82, 2.24) is 0 Å². The fraction of sp³-hybridized carbons (Fsp3) is 0.652. The standard InChI is InChI=1S/C23H37NO5/c1-6-10-12-15-23(5,29-9-4)22(26)24-18-13-14-20(28-16-11-7-2)19(17-18)21(25)27-8-3/h13-14,17H,6-12,15-16H2,1-5H3,(H,24,26)/t23-/m0/s1. The van der Waals surface area contributed by atoms with Gasteiger partial charge in [0.25, 0.3) is 5.91 Å². The first-order valence-electron chi connectivity index (χ1n) is 10.8. The smallest absolute Gasteiger partial charge is 0.341 e. The largest absolute Gasteiger partial charge is 0.493 e. The Kier molecular flexibility index (Phi) is 11.4. The van der Waals surface area contributed by atoms with Crippen molar-refractivity contribution in [1.29, 1.82) is 0 Å². The normalized spacial score (nSPS) is 12.9. The summed E-state index contributed by atoms with van der Waals surface area (Å²) in [5.74, 6) is -0.221. The van der Waals surface area contributed by atoms with Gasteiger partial charge in [0.15, 0.2) is 0 Å². The molecule has 0 saturated heterocycles. The van der Waals surface area contributed by atoms with E-state index in [-0.39, 0.29) is 12.5 Å². The van der Waals surface area contributed by atoms with E-state index in [2.05, 4.69) is 19.2 Å². The maximum atomic E-state index is 12.9. The molecule has 6 heteroatoms. The Balaban J connectivity index is 3.01. The first-order valence-corrected chi connectivity index (χ1v) is 10.8. The molecule has 0 bridgehead atoms. The first-order chi connectivity index (χ1) is 13.9. The third-order valence-electron chi connectivity index (χ3n) is 4.69. The molecule has 1 atom stereocenters. The number of amides is 1. The number of nitrogens with one attached hydrogen (secondary N) is 1. The summed E-state index contributed by atoms with van der Waals surface area (Å²) in [6.45, 7) is 10.9. The molecule has 1 aromatic carbocycles. The monoisotopic (exact) mass is 407 g/mol. The predicted octanol–water partition coefficient (Wildman–Crippen LogP) is 5.36. The lowest BCUT2D eigenvalue weighted by Crippen LogP contribution is -2.42. The number of hydrogen-bond acceptors (Lipinski definition) is 5. The van der Waals surface area contributed by atoms with Crippen molar-refractivity contribution in [2.45, 2.75) is 78.7 Å². The van der Waals surface area contributed by atoms with Crippen LogP contribution in [0.25, 0.3) is 0 Å². The lowest BCUT2D eigenvalue weighted by molar-refractivity contribution is -0.139. The fourth-order valence-corrected chi connectivity index (χ4v) is 2.97. The molecule has 0 spiro atoms. The summed E-state index contributed by atoms with van der Waals surface area (Å²) in [6.07, 6.45) is 5.57. The quantitative estimate of drug-likeness (QED) is 0.332. The number of ether oxygens (including phenoxy) is 3. The van der Waals surface area contributed by atoms with Crippen LogP contribution in [0.15, 0.2) is 18.2 Å². The van der Waals surface area contributed by atoms with Gasteiger partial charge in [0.1, 0.15) is 16.9 Å². The van der Waals surface area contributed by atoms with Gasteiger partial charge >= 0.3 is 5.97 Å². The molecule has 1 amide bonds. The van der Waals surface area contributed by atoms with E-state index >= 15 is 0 Å². The molecule has 164 valence electrons. The second-order valence-electron chi connectivity index (χ2n) is 7.21. The summed E-state index contributed by atoms with van der Waals surface area (Å²) < 4.78 is 16.7. The summed E-state index contributed by atoms with van der Waals surface area (Å²) >= 11 is 0. The van der Waals surface area contributed by atoms with Crippen LogP contribution in [0, 0.1) is 0 Å². The van der Waals surface area contributed by atoms with Gasteiger partial charge in [0, 0.05) is 12.3 Å². The van der Waals surface area contributed by atoms with Crippen LogP contribution in [0.2, 0.25) is 0 Å². The molecule has 0 aliphatic rings. The Morgan fingerprint density at radius 1 is 1.00 bits per heavy atom. The topological polar surface area (TPSA) is 73.9 Å².